The van der Waals surface area contributed by atoms with Crippen LogP contribution in [-0.2, 0) is 18.3 Å². The van der Waals surface area contributed by atoms with Crippen molar-refractivity contribution in [3.63, 3.8) is 0 Å². The third-order valence-corrected chi connectivity index (χ3v) is 4.01. The minimum absolute atomic E-state index is 0.0213. The molecule has 1 atom stereocenters. The monoisotopic (exact) mass is 300 g/mol. The third-order valence-electron chi connectivity index (χ3n) is 4.01. The fourth-order valence-corrected chi connectivity index (χ4v) is 2.58. The summed E-state index contributed by atoms with van der Waals surface area (Å²) < 4.78 is 1.73. The number of aromatic hydroxyl groups is 1. The lowest BCUT2D eigenvalue weighted by Gasteiger charge is -2.17. The number of phenolic OH excluding ortho intramolecular Hbond substituents is 1. The molecule has 1 heterocycles. The number of rotatable bonds is 6. The number of nitrogens with one attached hydrogen (secondary N) is 1. The van der Waals surface area contributed by atoms with Gasteiger partial charge in [-0.05, 0) is 42.9 Å². The molecule has 1 amide bonds. The van der Waals surface area contributed by atoms with Crippen LogP contribution in [0.15, 0.2) is 30.6 Å². The van der Waals surface area contributed by atoms with Gasteiger partial charge in [-0.25, -0.2) is 4.98 Å². The highest BCUT2D eigenvalue weighted by molar-refractivity contribution is 5.76. The minimum Gasteiger partial charge on any atom is -0.508 e. The molecule has 0 spiro atoms. The Bertz CT molecular complexity index is 646. The molecule has 1 aromatic heterocycles. The zero-order chi connectivity index (χ0) is 15.5. The van der Waals surface area contributed by atoms with Crippen LogP contribution < -0.4 is 5.32 Å². The maximum Gasteiger partial charge on any atom is 0.220 e. The van der Waals surface area contributed by atoms with Crippen molar-refractivity contribution in [2.75, 3.05) is 0 Å². The van der Waals surface area contributed by atoms with Crippen LogP contribution in [0.4, 0.5) is 0 Å². The van der Waals surface area contributed by atoms with E-state index in [1.165, 1.54) is 6.33 Å². The first-order valence-electron chi connectivity index (χ1n) is 7.54. The van der Waals surface area contributed by atoms with Crippen LogP contribution in [0, 0.1) is 5.92 Å². The molecule has 1 fully saturated rings. The van der Waals surface area contributed by atoms with Gasteiger partial charge in [0, 0.05) is 13.5 Å². The van der Waals surface area contributed by atoms with Crippen molar-refractivity contribution in [3.8, 4) is 5.75 Å². The predicted octanol–water partition coefficient (Wildman–Crippen LogP) is 1.72. The Labute approximate surface area is 129 Å². The summed E-state index contributed by atoms with van der Waals surface area (Å²) in [5.74, 6) is 1.55. The molecule has 6 nitrogen and oxygen atoms in total. The van der Waals surface area contributed by atoms with E-state index in [2.05, 4.69) is 15.4 Å². The molecule has 1 aliphatic rings. The number of phenols is 1. The Morgan fingerprint density at radius 2 is 2.14 bits per heavy atom. The molecule has 22 heavy (non-hydrogen) atoms. The highest BCUT2D eigenvalue weighted by Gasteiger charge is 2.35. The average molecular weight is 300 g/mol. The lowest BCUT2D eigenvalue weighted by molar-refractivity contribution is -0.122. The molecule has 0 bridgehead atoms. The van der Waals surface area contributed by atoms with Crippen molar-refractivity contribution in [2.45, 2.75) is 31.7 Å². The summed E-state index contributed by atoms with van der Waals surface area (Å²) >= 11 is 0. The van der Waals surface area contributed by atoms with E-state index in [-0.39, 0.29) is 17.7 Å². The van der Waals surface area contributed by atoms with Gasteiger partial charge in [-0.2, -0.15) is 5.10 Å². The first-order chi connectivity index (χ1) is 10.6. The smallest absolute Gasteiger partial charge is 0.220 e. The molecular formula is C16H20N4O2. The Hall–Kier alpha value is -2.37. The van der Waals surface area contributed by atoms with Gasteiger partial charge in [0.1, 0.15) is 17.9 Å². The summed E-state index contributed by atoms with van der Waals surface area (Å²) in [4.78, 5) is 16.5. The SMILES string of the molecule is Cn1ncnc1[C@@H](NC(=O)CCc1ccc(O)cc1)C1CC1. The van der Waals surface area contributed by atoms with Gasteiger partial charge in [-0.15, -0.1) is 0 Å². The number of aromatic nitrogens is 3. The zero-order valence-corrected chi connectivity index (χ0v) is 12.6. The van der Waals surface area contributed by atoms with Crippen LogP contribution in [-0.4, -0.2) is 25.8 Å². The van der Waals surface area contributed by atoms with Gasteiger partial charge >= 0.3 is 0 Å². The van der Waals surface area contributed by atoms with Gasteiger partial charge in [-0.3, -0.25) is 9.48 Å². The molecule has 1 aromatic carbocycles. The highest BCUT2D eigenvalue weighted by Crippen LogP contribution is 2.40. The quantitative estimate of drug-likeness (QED) is 0.851. The normalized spacial score (nSPS) is 15.5. The first kappa shape index (κ1) is 14.6. The standard InChI is InChI=1S/C16H20N4O2/c1-20-16(17-10-18-20)15(12-5-6-12)19-14(22)9-4-11-2-7-13(21)8-3-11/h2-3,7-8,10,12,15,21H,4-6,9H2,1H3,(H,19,22)/t15-/m0/s1. The van der Waals surface area contributed by atoms with Gasteiger partial charge in [0.05, 0.1) is 6.04 Å². The second kappa shape index (κ2) is 6.17. The second-order valence-corrected chi connectivity index (χ2v) is 5.79. The van der Waals surface area contributed by atoms with Crippen molar-refractivity contribution >= 4 is 5.91 Å². The molecule has 0 aliphatic heterocycles. The van der Waals surface area contributed by atoms with Gasteiger partial charge in [0.15, 0.2) is 0 Å². The van der Waals surface area contributed by atoms with Gasteiger partial charge < -0.3 is 10.4 Å². The lowest BCUT2D eigenvalue weighted by Crippen LogP contribution is -2.32. The first-order valence-corrected chi connectivity index (χ1v) is 7.54. The van der Waals surface area contributed by atoms with Crippen LogP contribution in [0.1, 0.15) is 36.7 Å². The second-order valence-electron chi connectivity index (χ2n) is 5.79. The van der Waals surface area contributed by atoms with E-state index in [0.717, 1.165) is 24.2 Å². The average Bonchev–Trinajstić information content (AvgIpc) is 3.26. The predicted molar refractivity (Wildman–Crippen MR) is 81.0 cm³/mol. The number of nitrogens with zero attached hydrogens (tertiary/aromatic N) is 3. The van der Waals surface area contributed by atoms with Crippen molar-refractivity contribution in [1.82, 2.24) is 20.1 Å². The van der Waals surface area contributed by atoms with Gasteiger partial charge in [-0.1, -0.05) is 12.1 Å². The lowest BCUT2D eigenvalue weighted by atomic mass is 10.1. The molecule has 3 rings (SSSR count). The van der Waals surface area contributed by atoms with E-state index in [4.69, 9.17) is 0 Å². The van der Waals surface area contributed by atoms with Crippen LogP contribution in [0.2, 0.25) is 0 Å². The molecule has 1 saturated carbocycles. The molecule has 116 valence electrons. The van der Waals surface area contributed by atoms with E-state index in [9.17, 15) is 9.90 Å². The molecule has 2 aromatic rings. The minimum atomic E-state index is -0.0418. The summed E-state index contributed by atoms with van der Waals surface area (Å²) in [7, 11) is 1.85. The molecule has 6 heteroatoms. The fraction of sp³-hybridized carbons (Fsp3) is 0.438. The van der Waals surface area contributed by atoms with Crippen LogP contribution in [0.3, 0.4) is 0 Å². The largest absolute Gasteiger partial charge is 0.508 e. The third kappa shape index (κ3) is 3.44. The molecule has 2 N–H and O–H groups in total. The molecule has 0 radical (unpaired) electrons. The van der Waals surface area contributed by atoms with E-state index in [0.29, 0.717) is 18.8 Å². The summed E-state index contributed by atoms with van der Waals surface area (Å²) in [6.45, 7) is 0. The Balaban J connectivity index is 1.58. The number of benzene rings is 1. The van der Waals surface area contributed by atoms with E-state index >= 15 is 0 Å². The van der Waals surface area contributed by atoms with E-state index < -0.39 is 0 Å². The van der Waals surface area contributed by atoms with Crippen LogP contribution in [0.25, 0.3) is 0 Å². The Kier molecular flexibility index (Phi) is 4.09. The van der Waals surface area contributed by atoms with Crippen molar-refractivity contribution in [3.05, 3.63) is 42.0 Å². The maximum absolute atomic E-state index is 12.2. The Morgan fingerprint density at radius 1 is 1.41 bits per heavy atom. The summed E-state index contributed by atoms with van der Waals surface area (Å²) in [5, 5.41) is 16.4. The number of aryl methyl sites for hydroxylation is 2. The fourth-order valence-electron chi connectivity index (χ4n) is 2.58. The molecule has 0 saturated heterocycles. The van der Waals surface area contributed by atoms with E-state index in [1.54, 1.807) is 16.8 Å². The number of amides is 1. The summed E-state index contributed by atoms with van der Waals surface area (Å²) in [5.41, 5.74) is 1.04. The maximum atomic E-state index is 12.2. The molecular weight excluding hydrogens is 280 g/mol. The summed E-state index contributed by atoms with van der Waals surface area (Å²) in [6.07, 6.45) is 4.84. The number of hydrogen-bond donors (Lipinski definition) is 2. The topological polar surface area (TPSA) is 80.0 Å². The zero-order valence-electron chi connectivity index (χ0n) is 12.6. The summed E-state index contributed by atoms with van der Waals surface area (Å²) in [6, 6.07) is 6.91. The highest BCUT2D eigenvalue weighted by atomic mass is 16.3. The number of carbonyl (C=O) groups is 1. The number of carbonyl (C=O) groups excluding carboxylic acids is 1. The van der Waals surface area contributed by atoms with Crippen molar-refractivity contribution < 1.29 is 9.90 Å². The molecule has 1 aliphatic carbocycles. The number of hydrogen-bond acceptors (Lipinski definition) is 4. The molecule has 0 unspecified atom stereocenters. The Morgan fingerprint density at radius 3 is 2.73 bits per heavy atom. The van der Waals surface area contributed by atoms with Crippen LogP contribution in [0.5, 0.6) is 5.75 Å². The van der Waals surface area contributed by atoms with Gasteiger partial charge in [0.25, 0.3) is 0 Å². The van der Waals surface area contributed by atoms with Crippen molar-refractivity contribution in [2.24, 2.45) is 13.0 Å². The van der Waals surface area contributed by atoms with Gasteiger partial charge in [0.2, 0.25) is 5.91 Å². The van der Waals surface area contributed by atoms with E-state index in [1.807, 2.05) is 19.2 Å². The van der Waals surface area contributed by atoms with Crippen LogP contribution >= 0.6 is 0 Å². The van der Waals surface area contributed by atoms with Crippen molar-refractivity contribution in [1.29, 1.82) is 0 Å².